The van der Waals surface area contributed by atoms with E-state index >= 15 is 0 Å². The summed E-state index contributed by atoms with van der Waals surface area (Å²) in [6.07, 6.45) is 4.06. The van der Waals surface area contributed by atoms with Gasteiger partial charge in [-0.05, 0) is 18.9 Å². The molecule has 0 aliphatic heterocycles. The molecule has 0 amide bonds. The lowest BCUT2D eigenvalue weighted by Crippen LogP contribution is -2.33. The van der Waals surface area contributed by atoms with Crippen molar-refractivity contribution in [3.05, 3.63) is 35.9 Å². The minimum Gasteiger partial charge on any atom is -0.479 e. The zero-order chi connectivity index (χ0) is 12.7. The minimum absolute atomic E-state index is 0.572. The van der Waals surface area contributed by atoms with E-state index in [2.05, 4.69) is 4.99 Å². The molecule has 0 aliphatic rings. The number of hydrogen-bond donors (Lipinski definition) is 1. The van der Waals surface area contributed by atoms with Crippen LogP contribution in [0.5, 0.6) is 0 Å². The molecule has 0 fully saturated rings. The van der Waals surface area contributed by atoms with Gasteiger partial charge in [0, 0.05) is 6.21 Å². The van der Waals surface area contributed by atoms with E-state index < -0.39 is 11.5 Å². The Morgan fingerprint density at radius 3 is 2.59 bits per heavy atom. The van der Waals surface area contributed by atoms with E-state index in [1.54, 1.807) is 13.1 Å². The van der Waals surface area contributed by atoms with Crippen LogP contribution in [0.1, 0.15) is 38.7 Å². The largest absolute Gasteiger partial charge is 0.479 e. The molecule has 17 heavy (non-hydrogen) atoms. The Kier molecular flexibility index (Phi) is 4.88. The van der Waals surface area contributed by atoms with E-state index in [1.807, 2.05) is 37.3 Å². The molecule has 0 spiro atoms. The highest BCUT2D eigenvalue weighted by Gasteiger charge is 2.30. The first-order valence-corrected chi connectivity index (χ1v) is 5.92. The lowest BCUT2D eigenvalue weighted by Gasteiger charge is -2.19. The molecule has 0 heterocycles. The lowest BCUT2D eigenvalue weighted by atomic mass is 9.96. The third-order valence-electron chi connectivity index (χ3n) is 2.78. The van der Waals surface area contributed by atoms with Gasteiger partial charge in [-0.2, -0.15) is 0 Å². The van der Waals surface area contributed by atoms with Gasteiger partial charge in [0.05, 0.1) is 0 Å². The highest BCUT2D eigenvalue weighted by Crippen LogP contribution is 2.19. The molecule has 1 N–H and O–H groups in total. The molecule has 92 valence electrons. The summed E-state index contributed by atoms with van der Waals surface area (Å²) in [6.45, 7) is 3.72. The maximum absolute atomic E-state index is 11.2. The fourth-order valence-corrected chi connectivity index (χ4v) is 1.50. The van der Waals surface area contributed by atoms with Crippen LogP contribution >= 0.6 is 0 Å². The molecule has 0 saturated carbocycles. The van der Waals surface area contributed by atoms with E-state index in [9.17, 15) is 9.90 Å². The fraction of sp³-hybridized carbons (Fsp3) is 0.429. The summed E-state index contributed by atoms with van der Waals surface area (Å²) in [4.78, 5) is 15.5. The van der Waals surface area contributed by atoms with Gasteiger partial charge in [0.25, 0.3) is 0 Å². The number of hydrogen-bond acceptors (Lipinski definition) is 2. The minimum atomic E-state index is -1.01. The second kappa shape index (κ2) is 6.18. The molecule has 1 aromatic rings. The van der Waals surface area contributed by atoms with Crippen LogP contribution in [0.3, 0.4) is 0 Å². The van der Waals surface area contributed by atoms with Gasteiger partial charge in [0.1, 0.15) is 0 Å². The van der Waals surface area contributed by atoms with Crippen molar-refractivity contribution >= 4 is 12.2 Å². The van der Waals surface area contributed by atoms with Gasteiger partial charge in [-0.3, -0.25) is 4.99 Å². The normalized spacial score (nSPS) is 14.7. The average molecular weight is 233 g/mol. The number of carbonyl (C=O) groups is 1. The van der Waals surface area contributed by atoms with Crippen molar-refractivity contribution in [2.45, 2.75) is 38.6 Å². The van der Waals surface area contributed by atoms with Gasteiger partial charge in [0.15, 0.2) is 5.54 Å². The second-order valence-electron chi connectivity index (χ2n) is 4.35. The van der Waals surface area contributed by atoms with E-state index in [-0.39, 0.29) is 0 Å². The van der Waals surface area contributed by atoms with Gasteiger partial charge in [-0.1, -0.05) is 50.1 Å². The van der Waals surface area contributed by atoms with Gasteiger partial charge < -0.3 is 5.11 Å². The van der Waals surface area contributed by atoms with Crippen LogP contribution in [0.4, 0.5) is 0 Å². The van der Waals surface area contributed by atoms with Crippen molar-refractivity contribution < 1.29 is 9.90 Å². The first-order valence-electron chi connectivity index (χ1n) is 5.92. The Morgan fingerprint density at radius 2 is 2.06 bits per heavy atom. The van der Waals surface area contributed by atoms with Gasteiger partial charge in [0.2, 0.25) is 0 Å². The molecule has 0 bridgehead atoms. The first-order chi connectivity index (χ1) is 8.08. The Bertz CT molecular complexity index is 386. The van der Waals surface area contributed by atoms with Crippen LogP contribution in [-0.4, -0.2) is 22.8 Å². The lowest BCUT2D eigenvalue weighted by molar-refractivity contribution is -0.142. The van der Waals surface area contributed by atoms with E-state index in [0.29, 0.717) is 6.42 Å². The topological polar surface area (TPSA) is 49.7 Å². The zero-order valence-corrected chi connectivity index (χ0v) is 10.4. The molecule has 3 nitrogen and oxygen atoms in total. The number of carboxylic acids is 1. The van der Waals surface area contributed by atoms with Gasteiger partial charge in [-0.25, -0.2) is 4.79 Å². The smallest absolute Gasteiger partial charge is 0.331 e. The van der Waals surface area contributed by atoms with Crippen molar-refractivity contribution in [3.8, 4) is 0 Å². The summed E-state index contributed by atoms with van der Waals surface area (Å²) in [7, 11) is 0. The number of benzene rings is 1. The highest BCUT2D eigenvalue weighted by molar-refractivity contribution is 5.85. The Hall–Kier alpha value is -1.64. The van der Waals surface area contributed by atoms with Crippen molar-refractivity contribution in [3.63, 3.8) is 0 Å². The zero-order valence-electron chi connectivity index (χ0n) is 10.4. The van der Waals surface area contributed by atoms with Gasteiger partial charge >= 0.3 is 5.97 Å². The number of aliphatic imine (C=N–C) groups is 1. The maximum Gasteiger partial charge on any atom is 0.331 e. The van der Waals surface area contributed by atoms with Crippen LogP contribution in [0.2, 0.25) is 0 Å². The van der Waals surface area contributed by atoms with Crippen LogP contribution in [0.15, 0.2) is 35.3 Å². The number of nitrogens with zero attached hydrogens (tertiary/aromatic N) is 1. The van der Waals surface area contributed by atoms with Gasteiger partial charge in [-0.15, -0.1) is 0 Å². The van der Waals surface area contributed by atoms with Crippen LogP contribution in [0.25, 0.3) is 0 Å². The number of unbranched alkanes of at least 4 members (excludes halogenated alkanes) is 1. The van der Waals surface area contributed by atoms with Crippen molar-refractivity contribution in [1.29, 1.82) is 0 Å². The second-order valence-corrected chi connectivity index (χ2v) is 4.35. The standard InChI is InChI=1S/C14H19NO2/c1-3-4-10-14(2,13(16)17)15-11-12-8-6-5-7-9-12/h5-9,11H,3-4,10H2,1-2H3,(H,16,17). The monoisotopic (exact) mass is 233 g/mol. The number of carboxylic acid groups (broad SMARTS) is 1. The quantitative estimate of drug-likeness (QED) is 0.767. The summed E-state index contributed by atoms with van der Waals surface area (Å²) in [5, 5.41) is 9.22. The van der Waals surface area contributed by atoms with Crippen molar-refractivity contribution in [2.24, 2.45) is 4.99 Å². The molecule has 1 unspecified atom stereocenters. The van der Waals surface area contributed by atoms with Crippen molar-refractivity contribution in [1.82, 2.24) is 0 Å². The highest BCUT2D eigenvalue weighted by atomic mass is 16.4. The maximum atomic E-state index is 11.2. The Balaban J connectivity index is 2.80. The molecule has 0 saturated heterocycles. The fourth-order valence-electron chi connectivity index (χ4n) is 1.50. The molecular formula is C14H19NO2. The van der Waals surface area contributed by atoms with E-state index in [4.69, 9.17) is 0 Å². The average Bonchev–Trinajstić information content (AvgIpc) is 2.35. The summed E-state index contributed by atoms with van der Waals surface area (Å²) in [5.41, 5.74) is -0.0808. The van der Waals surface area contributed by atoms with E-state index in [0.717, 1.165) is 18.4 Å². The number of aliphatic carboxylic acids is 1. The molecule has 3 heteroatoms. The third kappa shape index (κ3) is 4.02. The van der Waals surface area contributed by atoms with Crippen LogP contribution in [-0.2, 0) is 4.79 Å². The Morgan fingerprint density at radius 1 is 1.41 bits per heavy atom. The SMILES string of the molecule is CCCCC(C)(N=Cc1ccccc1)C(=O)O. The Labute approximate surface area is 102 Å². The first kappa shape index (κ1) is 13.4. The molecule has 1 rings (SSSR count). The van der Waals surface area contributed by atoms with Crippen LogP contribution < -0.4 is 0 Å². The molecular weight excluding hydrogens is 214 g/mol. The predicted octanol–water partition coefficient (Wildman–Crippen LogP) is 3.14. The summed E-state index contributed by atoms with van der Waals surface area (Å²) >= 11 is 0. The third-order valence-corrected chi connectivity index (χ3v) is 2.78. The summed E-state index contributed by atoms with van der Waals surface area (Å²) in [5.74, 6) is -0.863. The molecule has 0 radical (unpaired) electrons. The van der Waals surface area contributed by atoms with E-state index in [1.165, 1.54) is 0 Å². The molecule has 0 aromatic heterocycles. The summed E-state index contributed by atoms with van der Waals surface area (Å²) in [6, 6.07) is 9.55. The molecule has 0 aliphatic carbocycles. The predicted molar refractivity (Wildman–Crippen MR) is 69.6 cm³/mol. The summed E-state index contributed by atoms with van der Waals surface area (Å²) < 4.78 is 0. The number of rotatable bonds is 6. The van der Waals surface area contributed by atoms with Crippen LogP contribution in [0, 0.1) is 0 Å². The van der Waals surface area contributed by atoms with Crippen molar-refractivity contribution in [2.75, 3.05) is 0 Å². The molecule has 1 aromatic carbocycles. The molecule has 1 atom stereocenters.